The van der Waals surface area contributed by atoms with Crippen molar-refractivity contribution in [1.82, 2.24) is 4.31 Å². The molecule has 0 saturated carbocycles. The number of hydrogen-bond donors (Lipinski definition) is 0. The van der Waals surface area contributed by atoms with Gasteiger partial charge >= 0.3 is 0 Å². The first-order valence-electron chi connectivity index (χ1n) is 6.19. The minimum Gasteiger partial charge on any atom is -0.228 e. The summed E-state index contributed by atoms with van der Waals surface area (Å²) in [5.74, 6) is -1.02. The Bertz CT molecular complexity index is 694. The van der Waals surface area contributed by atoms with Crippen molar-refractivity contribution < 1.29 is 21.2 Å². The summed E-state index contributed by atoms with van der Waals surface area (Å²) in [5.41, 5.74) is 0.0919. The third-order valence-corrected chi connectivity index (χ3v) is 7.29. The van der Waals surface area contributed by atoms with Gasteiger partial charge in [-0.3, -0.25) is 0 Å². The van der Waals surface area contributed by atoms with E-state index in [1.54, 1.807) is 6.07 Å². The molecule has 1 aromatic rings. The van der Waals surface area contributed by atoms with E-state index in [-0.39, 0.29) is 24.4 Å². The summed E-state index contributed by atoms with van der Waals surface area (Å²) < 4.78 is 61.8. The van der Waals surface area contributed by atoms with E-state index < -0.39 is 36.7 Å². The number of rotatable bonds is 5. The fourth-order valence-electron chi connectivity index (χ4n) is 1.99. The monoisotopic (exact) mass is 321 g/mol. The number of sulfonamides is 1. The van der Waals surface area contributed by atoms with E-state index in [0.29, 0.717) is 0 Å². The minimum absolute atomic E-state index is 0.00112. The van der Waals surface area contributed by atoms with Gasteiger partial charge in [-0.05, 0) is 6.07 Å². The van der Waals surface area contributed by atoms with Gasteiger partial charge in [-0.2, -0.15) is 4.31 Å². The second-order valence-corrected chi connectivity index (χ2v) is 9.28. The van der Waals surface area contributed by atoms with Crippen LogP contribution in [0, 0.1) is 5.82 Å². The van der Waals surface area contributed by atoms with Gasteiger partial charge in [0.2, 0.25) is 10.0 Å². The predicted molar refractivity (Wildman–Crippen MR) is 73.8 cm³/mol. The lowest BCUT2D eigenvalue weighted by Gasteiger charge is -2.37. The fourth-order valence-corrected chi connectivity index (χ4v) is 5.09. The van der Waals surface area contributed by atoms with Crippen molar-refractivity contribution in [2.24, 2.45) is 0 Å². The molecule has 0 amide bonds. The van der Waals surface area contributed by atoms with Gasteiger partial charge in [-0.1, -0.05) is 25.1 Å². The zero-order chi connectivity index (χ0) is 15.0. The highest BCUT2D eigenvalue weighted by molar-refractivity contribution is 7.92. The quantitative estimate of drug-likeness (QED) is 0.803. The minimum atomic E-state index is -3.67. The molecule has 0 atom stereocenters. The van der Waals surface area contributed by atoms with Crippen LogP contribution in [-0.2, 0) is 25.6 Å². The van der Waals surface area contributed by atoms with Crippen LogP contribution in [0.3, 0.4) is 0 Å². The lowest BCUT2D eigenvalue weighted by molar-refractivity contribution is 0.309. The molecule has 1 fully saturated rings. The van der Waals surface area contributed by atoms with Crippen LogP contribution in [0.5, 0.6) is 0 Å². The topological polar surface area (TPSA) is 71.5 Å². The van der Waals surface area contributed by atoms with E-state index in [0.717, 1.165) is 4.31 Å². The highest BCUT2D eigenvalue weighted by atomic mass is 32.2. The Morgan fingerprint density at radius 2 is 1.80 bits per heavy atom. The predicted octanol–water partition coefficient (Wildman–Crippen LogP) is 0.774. The second kappa shape index (κ2) is 5.42. The molecule has 20 heavy (non-hydrogen) atoms. The Kier molecular flexibility index (Phi) is 4.17. The second-order valence-electron chi connectivity index (χ2n) is 4.74. The first-order chi connectivity index (χ1) is 9.26. The normalized spacial score (nSPS) is 17.9. The van der Waals surface area contributed by atoms with Gasteiger partial charge in [-0.15, -0.1) is 0 Å². The summed E-state index contributed by atoms with van der Waals surface area (Å²) in [5, 5.41) is -0.636. The maximum absolute atomic E-state index is 13.4. The molecule has 2 rings (SSSR count). The van der Waals surface area contributed by atoms with E-state index in [4.69, 9.17) is 0 Å². The van der Waals surface area contributed by atoms with Crippen molar-refractivity contribution in [3.8, 4) is 0 Å². The standard InChI is InChI=1S/C12H16FNO4S2/c1-2-19(15,16)11-7-14(8-11)20(17,18)9-10-5-3-4-6-12(10)13/h3-6,11H,2,7-9H2,1H3. The molecular formula is C12H16FNO4S2. The Morgan fingerprint density at radius 3 is 2.35 bits per heavy atom. The number of nitrogens with zero attached hydrogens (tertiary/aromatic N) is 1. The maximum Gasteiger partial charge on any atom is 0.218 e. The van der Waals surface area contributed by atoms with E-state index in [1.165, 1.54) is 25.1 Å². The molecule has 5 nitrogen and oxygen atoms in total. The number of sulfone groups is 1. The van der Waals surface area contributed by atoms with Crippen molar-refractivity contribution in [2.45, 2.75) is 17.9 Å². The Balaban J connectivity index is 2.06. The summed E-state index contributed by atoms with van der Waals surface area (Å²) in [6.45, 7) is 1.46. The van der Waals surface area contributed by atoms with Gasteiger partial charge in [0, 0.05) is 24.4 Å². The van der Waals surface area contributed by atoms with E-state index in [2.05, 4.69) is 0 Å². The summed E-state index contributed by atoms with van der Waals surface area (Å²) in [6.07, 6.45) is 0. The lowest BCUT2D eigenvalue weighted by atomic mass is 10.2. The van der Waals surface area contributed by atoms with E-state index in [9.17, 15) is 21.2 Å². The van der Waals surface area contributed by atoms with Gasteiger partial charge in [0.1, 0.15) is 5.82 Å². The number of halogens is 1. The van der Waals surface area contributed by atoms with Crippen LogP contribution in [0.25, 0.3) is 0 Å². The lowest BCUT2D eigenvalue weighted by Crippen LogP contribution is -2.57. The molecule has 0 bridgehead atoms. The first kappa shape index (κ1) is 15.4. The Morgan fingerprint density at radius 1 is 1.20 bits per heavy atom. The van der Waals surface area contributed by atoms with Crippen LogP contribution in [-0.4, -0.2) is 45.2 Å². The molecule has 112 valence electrons. The third kappa shape index (κ3) is 3.02. The Labute approximate surface area is 118 Å². The summed E-state index contributed by atoms with van der Waals surface area (Å²) in [6, 6.07) is 5.66. The van der Waals surface area contributed by atoms with Gasteiger partial charge in [0.25, 0.3) is 0 Å². The molecule has 8 heteroatoms. The molecule has 1 saturated heterocycles. The van der Waals surface area contributed by atoms with Crippen molar-refractivity contribution in [1.29, 1.82) is 0 Å². The zero-order valence-corrected chi connectivity index (χ0v) is 12.6. The van der Waals surface area contributed by atoms with Crippen molar-refractivity contribution in [3.05, 3.63) is 35.6 Å². The summed E-state index contributed by atoms with van der Waals surface area (Å²) >= 11 is 0. The maximum atomic E-state index is 13.4. The third-order valence-electron chi connectivity index (χ3n) is 3.41. The smallest absolute Gasteiger partial charge is 0.218 e. The molecule has 1 aliphatic rings. The largest absolute Gasteiger partial charge is 0.228 e. The highest BCUT2D eigenvalue weighted by Gasteiger charge is 2.42. The molecule has 1 aliphatic heterocycles. The van der Waals surface area contributed by atoms with Crippen LogP contribution >= 0.6 is 0 Å². The first-order valence-corrected chi connectivity index (χ1v) is 9.51. The van der Waals surface area contributed by atoms with E-state index >= 15 is 0 Å². The molecular weight excluding hydrogens is 305 g/mol. The van der Waals surface area contributed by atoms with Crippen LogP contribution in [0.15, 0.2) is 24.3 Å². The Hall–Kier alpha value is -0.990. The summed E-state index contributed by atoms with van der Waals surface area (Å²) in [4.78, 5) is 0. The molecule has 0 aromatic heterocycles. The van der Waals surface area contributed by atoms with Gasteiger partial charge in [0.15, 0.2) is 9.84 Å². The summed E-state index contributed by atoms with van der Waals surface area (Å²) in [7, 11) is -6.89. The average molecular weight is 321 g/mol. The van der Waals surface area contributed by atoms with Crippen LogP contribution in [0.4, 0.5) is 4.39 Å². The van der Waals surface area contributed by atoms with Crippen molar-refractivity contribution >= 4 is 19.9 Å². The van der Waals surface area contributed by atoms with Gasteiger partial charge < -0.3 is 0 Å². The zero-order valence-electron chi connectivity index (χ0n) is 11.0. The molecule has 0 N–H and O–H groups in total. The van der Waals surface area contributed by atoms with Crippen LogP contribution in [0.2, 0.25) is 0 Å². The SMILES string of the molecule is CCS(=O)(=O)C1CN(S(=O)(=O)Cc2ccccc2F)C1. The van der Waals surface area contributed by atoms with Crippen LogP contribution in [0.1, 0.15) is 12.5 Å². The molecule has 0 radical (unpaired) electrons. The molecule has 0 aliphatic carbocycles. The molecule has 1 aromatic carbocycles. The van der Waals surface area contributed by atoms with Gasteiger partial charge in [-0.25, -0.2) is 21.2 Å². The van der Waals surface area contributed by atoms with Crippen LogP contribution < -0.4 is 0 Å². The fraction of sp³-hybridized carbons (Fsp3) is 0.500. The number of hydrogen-bond acceptors (Lipinski definition) is 4. The number of benzene rings is 1. The van der Waals surface area contributed by atoms with Crippen molar-refractivity contribution in [2.75, 3.05) is 18.8 Å². The molecule has 1 heterocycles. The molecule has 0 spiro atoms. The van der Waals surface area contributed by atoms with Crippen molar-refractivity contribution in [3.63, 3.8) is 0 Å². The van der Waals surface area contributed by atoms with E-state index in [1.807, 2.05) is 0 Å². The molecule has 0 unspecified atom stereocenters. The highest BCUT2D eigenvalue weighted by Crippen LogP contribution is 2.23. The van der Waals surface area contributed by atoms with Gasteiger partial charge in [0.05, 0.1) is 11.0 Å². The average Bonchev–Trinajstić information content (AvgIpc) is 2.29.